The molecule has 0 bridgehead atoms. The van der Waals surface area contributed by atoms with E-state index >= 15 is 0 Å². The summed E-state index contributed by atoms with van der Waals surface area (Å²) in [6.45, 7) is 0.132. The fourth-order valence-electron chi connectivity index (χ4n) is 1.08. The van der Waals surface area contributed by atoms with Crippen LogP contribution in [-0.2, 0) is 6.42 Å². The van der Waals surface area contributed by atoms with Crippen LogP contribution in [0.2, 0.25) is 0 Å². The Morgan fingerprint density at radius 3 is 2.75 bits per heavy atom. The SMILES string of the molecule is COc1cc(N)cc(CCO)c1. The van der Waals surface area contributed by atoms with Gasteiger partial charge in [-0.3, -0.25) is 0 Å². The molecule has 0 heterocycles. The number of methoxy groups -OCH3 is 1. The van der Waals surface area contributed by atoms with Crippen LogP contribution in [0.4, 0.5) is 5.69 Å². The molecule has 3 nitrogen and oxygen atoms in total. The van der Waals surface area contributed by atoms with Gasteiger partial charge in [0.2, 0.25) is 0 Å². The summed E-state index contributed by atoms with van der Waals surface area (Å²) >= 11 is 0. The van der Waals surface area contributed by atoms with Crippen molar-refractivity contribution in [2.75, 3.05) is 19.5 Å². The normalized spacial score (nSPS) is 9.83. The summed E-state index contributed by atoms with van der Waals surface area (Å²) in [5.41, 5.74) is 7.26. The standard InChI is InChI=1S/C9H13NO2/c1-12-9-5-7(2-3-11)4-8(10)6-9/h4-6,11H,2-3,10H2,1H3. The maximum atomic E-state index is 8.69. The molecule has 0 aromatic heterocycles. The highest BCUT2D eigenvalue weighted by molar-refractivity contribution is 5.47. The molecule has 12 heavy (non-hydrogen) atoms. The van der Waals surface area contributed by atoms with Gasteiger partial charge >= 0.3 is 0 Å². The van der Waals surface area contributed by atoms with Gasteiger partial charge < -0.3 is 15.6 Å². The molecule has 66 valence electrons. The highest BCUT2D eigenvalue weighted by Gasteiger charge is 1.97. The minimum Gasteiger partial charge on any atom is -0.497 e. The molecule has 0 atom stereocenters. The van der Waals surface area contributed by atoms with Crippen LogP contribution in [0.3, 0.4) is 0 Å². The lowest BCUT2D eigenvalue weighted by Gasteiger charge is -2.04. The van der Waals surface area contributed by atoms with E-state index in [-0.39, 0.29) is 6.61 Å². The maximum absolute atomic E-state index is 8.69. The molecular formula is C9H13NO2. The highest BCUT2D eigenvalue weighted by Crippen LogP contribution is 2.18. The van der Waals surface area contributed by atoms with E-state index in [1.807, 2.05) is 12.1 Å². The lowest BCUT2D eigenvalue weighted by atomic mass is 10.1. The number of anilines is 1. The molecule has 3 N–H and O–H groups in total. The summed E-state index contributed by atoms with van der Waals surface area (Å²) < 4.78 is 5.02. The van der Waals surface area contributed by atoms with Crippen molar-refractivity contribution in [3.05, 3.63) is 23.8 Å². The molecule has 0 amide bonds. The Bertz CT molecular complexity index is 261. The van der Waals surface area contributed by atoms with Crippen molar-refractivity contribution < 1.29 is 9.84 Å². The van der Waals surface area contributed by atoms with Gasteiger partial charge in [-0.15, -0.1) is 0 Å². The Hall–Kier alpha value is -1.22. The fourth-order valence-corrected chi connectivity index (χ4v) is 1.08. The summed E-state index contributed by atoms with van der Waals surface area (Å²) in [5, 5.41) is 8.69. The number of aliphatic hydroxyl groups is 1. The second-order valence-corrected chi connectivity index (χ2v) is 2.59. The van der Waals surface area contributed by atoms with Gasteiger partial charge in [-0.1, -0.05) is 0 Å². The molecule has 0 saturated heterocycles. The second kappa shape index (κ2) is 3.97. The lowest BCUT2D eigenvalue weighted by molar-refractivity contribution is 0.299. The summed E-state index contributed by atoms with van der Waals surface area (Å²) in [6, 6.07) is 5.45. The highest BCUT2D eigenvalue weighted by atomic mass is 16.5. The van der Waals surface area contributed by atoms with Crippen molar-refractivity contribution in [1.29, 1.82) is 0 Å². The third-order valence-electron chi connectivity index (χ3n) is 1.62. The number of rotatable bonds is 3. The third-order valence-corrected chi connectivity index (χ3v) is 1.62. The van der Waals surface area contributed by atoms with E-state index in [0.717, 1.165) is 11.3 Å². The quantitative estimate of drug-likeness (QED) is 0.655. The van der Waals surface area contributed by atoms with Crippen LogP contribution in [-0.4, -0.2) is 18.8 Å². The Labute approximate surface area is 71.8 Å². The van der Waals surface area contributed by atoms with Crippen molar-refractivity contribution in [3.63, 3.8) is 0 Å². The van der Waals surface area contributed by atoms with Crippen molar-refractivity contribution in [3.8, 4) is 5.75 Å². The number of ether oxygens (including phenoxy) is 1. The molecule has 0 unspecified atom stereocenters. The Morgan fingerprint density at radius 1 is 1.42 bits per heavy atom. The fraction of sp³-hybridized carbons (Fsp3) is 0.333. The average molecular weight is 167 g/mol. The molecule has 0 saturated carbocycles. The molecule has 1 aromatic rings. The van der Waals surface area contributed by atoms with Gasteiger partial charge in [0.15, 0.2) is 0 Å². The zero-order chi connectivity index (χ0) is 8.97. The first-order valence-corrected chi connectivity index (χ1v) is 3.80. The Morgan fingerprint density at radius 2 is 2.17 bits per heavy atom. The molecule has 0 fully saturated rings. The zero-order valence-corrected chi connectivity index (χ0v) is 7.08. The molecule has 3 heteroatoms. The van der Waals surface area contributed by atoms with E-state index in [9.17, 15) is 0 Å². The van der Waals surface area contributed by atoms with Crippen molar-refractivity contribution >= 4 is 5.69 Å². The van der Waals surface area contributed by atoms with E-state index in [1.54, 1.807) is 13.2 Å². The molecule has 0 aliphatic carbocycles. The minimum atomic E-state index is 0.132. The van der Waals surface area contributed by atoms with Crippen LogP contribution in [0, 0.1) is 0 Å². The third kappa shape index (κ3) is 2.13. The summed E-state index contributed by atoms with van der Waals surface area (Å²) in [6.07, 6.45) is 0.612. The summed E-state index contributed by atoms with van der Waals surface area (Å²) in [7, 11) is 1.59. The van der Waals surface area contributed by atoms with E-state index in [4.69, 9.17) is 15.6 Å². The monoisotopic (exact) mass is 167 g/mol. The molecule has 0 spiro atoms. The van der Waals surface area contributed by atoms with Crippen LogP contribution in [0.1, 0.15) is 5.56 Å². The van der Waals surface area contributed by atoms with Gasteiger partial charge in [0.05, 0.1) is 7.11 Å². The summed E-state index contributed by atoms with van der Waals surface area (Å²) in [4.78, 5) is 0. The van der Waals surface area contributed by atoms with Gasteiger partial charge in [-0.25, -0.2) is 0 Å². The maximum Gasteiger partial charge on any atom is 0.121 e. The molecule has 1 aromatic carbocycles. The van der Waals surface area contributed by atoms with Crippen molar-refractivity contribution in [1.82, 2.24) is 0 Å². The second-order valence-electron chi connectivity index (χ2n) is 2.59. The Balaban J connectivity index is 2.90. The first-order valence-electron chi connectivity index (χ1n) is 3.80. The van der Waals surface area contributed by atoms with Crippen molar-refractivity contribution in [2.45, 2.75) is 6.42 Å². The van der Waals surface area contributed by atoms with Gasteiger partial charge in [0.25, 0.3) is 0 Å². The molecule has 0 aliphatic rings. The van der Waals surface area contributed by atoms with E-state index in [2.05, 4.69) is 0 Å². The zero-order valence-electron chi connectivity index (χ0n) is 7.08. The largest absolute Gasteiger partial charge is 0.497 e. The first-order chi connectivity index (χ1) is 5.76. The molecule has 0 radical (unpaired) electrons. The number of hydrogen-bond acceptors (Lipinski definition) is 3. The van der Waals surface area contributed by atoms with Crippen LogP contribution >= 0.6 is 0 Å². The topological polar surface area (TPSA) is 55.5 Å². The molecule has 1 rings (SSSR count). The summed E-state index contributed by atoms with van der Waals surface area (Å²) in [5.74, 6) is 0.735. The number of benzene rings is 1. The van der Waals surface area contributed by atoms with Gasteiger partial charge in [-0.05, 0) is 24.1 Å². The van der Waals surface area contributed by atoms with E-state index in [0.29, 0.717) is 12.1 Å². The average Bonchev–Trinajstić information content (AvgIpc) is 2.04. The van der Waals surface area contributed by atoms with Gasteiger partial charge in [0.1, 0.15) is 5.75 Å². The van der Waals surface area contributed by atoms with Crippen LogP contribution in [0.15, 0.2) is 18.2 Å². The smallest absolute Gasteiger partial charge is 0.121 e. The van der Waals surface area contributed by atoms with Crippen LogP contribution in [0.25, 0.3) is 0 Å². The van der Waals surface area contributed by atoms with Crippen molar-refractivity contribution in [2.24, 2.45) is 0 Å². The van der Waals surface area contributed by atoms with E-state index in [1.165, 1.54) is 0 Å². The Kier molecular flexibility index (Phi) is 2.94. The predicted octanol–water partition coefficient (Wildman–Crippen LogP) is 0.812. The van der Waals surface area contributed by atoms with E-state index < -0.39 is 0 Å². The minimum absolute atomic E-state index is 0.132. The number of nitrogens with two attached hydrogens (primary N) is 1. The van der Waals surface area contributed by atoms with Crippen LogP contribution < -0.4 is 10.5 Å². The van der Waals surface area contributed by atoms with Gasteiger partial charge in [-0.2, -0.15) is 0 Å². The first kappa shape index (κ1) is 8.87. The number of nitrogen functional groups attached to an aromatic ring is 1. The predicted molar refractivity (Wildman–Crippen MR) is 48.2 cm³/mol. The van der Waals surface area contributed by atoms with Gasteiger partial charge in [0, 0.05) is 18.4 Å². The lowest BCUT2D eigenvalue weighted by Crippen LogP contribution is -1.95. The number of hydrogen-bond donors (Lipinski definition) is 2. The number of aliphatic hydroxyl groups excluding tert-OH is 1. The van der Waals surface area contributed by atoms with Crippen LogP contribution in [0.5, 0.6) is 5.75 Å². The molecule has 0 aliphatic heterocycles. The molecular weight excluding hydrogens is 154 g/mol.